The Morgan fingerprint density at radius 2 is 1.77 bits per heavy atom. The Labute approximate surface area is 127 Å². The number of aromatic nitrogens is 2. The Balaban J connectivity index is 1.70. The predicted octanol–water partition coefficient (Wildman–Crippen LogP) is 1.24. The molecule has 0 atom stereocenters. The molecule has 1 saturated heterocycles. The smallest absolute Gasteiger partial charge is 0.388 e. The minimum Gasteiger partial charge on any atom is -0.388 e. The molecule has 0 spiro atoms. The molecule has 118 valence electrons. The van der Waals surface area contributed by atoms with Crippen LogP contribution in [-0.2, 0) is 6.67 Å². The molecule has 3 rings (SSSR count). The molecule has 2 aromatic rings. The predicted molar refractivity (Wildman–Crippen MR) is 79.8 cm³/mol. The number of nitrogens with zero attached hydrogens (tertiary/aromatic N) is 4. The molecular formula is C15H19FN4O2. The molecular weight excluding hydrogens is 287 g/mol. The number of benzene rings is 1. The van der Waals surface area contributed by atoms with Crippen molar-refractivity contribution in [3.63, 3.8) is 0 Å². The van der Waals surface area contributed by atoms with E-state index in [2.05, 4.69) is 21.8 Å². The van der Waals surface area contributed by atoms with Crippen LogP contribution in [0, 0.1) is 5.82 Å². The van der Waals surface area contributed by atoms with Gasteiger partial charge >= 0.3 is 5.76 Å². The minimum absolute atomic E-state index is 0.220. The first-order valence-electron chi connectivity index (χ1n) is 7.44. The van der Waals surface area contributed by atoms with E-state index >= 15 is 0 Å². The lowest BCUT2D eigenvalue weighted by atomic mass is 10.2. The van der Waals surface area contributed by atoms with Crippen LogP contribution in [0.1, 0.15) is 6.92 Å². The number of hydrogen-bond donors (Lipinski definition) is 0. The second-order valence-corrected chi connectivity index (χ2v) is 5.37. The van der Waals surface area contributed by atoms with Crippen LogP contribution >= 0.6 is 0 Å². The first-order chi connectivity index (χ1) is 10.7. The van der Waals surface area contributed by atoms with Crippen LogP contribution in [0.25, 0.3) is 11.5 Å². The normalized spacial score (nSPS) is 17.0. The number of rotatable bonds is 4. The monoisotopic (exact) mass is 306 g/mol. The highest BCUT2D eigenvalue weighted by molar-refractivity contribution is 5.51. The van der Waals surface area contributed by atoms with Crippen molar-refractivity contribution >= 4 is 0 Å². The summed E-state index contributed by atoms with van der Waals surface area (Å²) in [6.45, 7) is 7.40. The first-order valence-corrected chi connectivity index (χ1v) is 7.44. The van der Waals surface area contributed by atoms with Gasteiger partial charge in [-0.15, -0.1) is 5.10 Å². The molecule has 1 aromatic heterocycles. The largest absolute Gasteiger partial charge is 0.438 e. The lowest BCUT2D eigenvalue weighted by molar-refractivity contribution is 0.104. The number of piperazine rings is 1. The van der Waals surface area contributed by atoms with Crippen LogP contribution < -0.4 is 5.76 Å². The summed E-state index contributed by atoms with van der Waals surface area (Å²) >= 11 is 0. The van der Waals surface area contributed by atoms with Gasteiger partial charge in [0.25, 0.3) is 0 Å². The van der Waals surface area contributed by atoms with Gasteiger partial charge in [0.1, 0.15) is 12.5 Å². The summed E-state index contributed by atoms with van der Waals surface area (Å²) in [5.74, 6) is -0.603. The SMILES string of the molecule is CCN1CCN(Cn2nc(-c3ccc(F)cc3)oc2=O)CC1. The molecule has 0 radical (unpaired) electrons. The lowest BCUT2D eigenvalue weighted by Gasteiger charge is -2.33. The van der Waals surface area contributed by atoms with E-state index in [4.69, 9.17) is 4.42 Å². The summed E-state index contributed by atoms with van der Waals surface area (Å²) in [5.41, 5.74) is 0.591. The van der Waals surface area contributed by atoms with Gasteiger partial charge in [0.2, 0.25) is 5.89 Å². The molecule has 1 fully saturated rings. The molecule has 0 aliphatic carbocycles. The van der Waals surface area contributed by atoms with Gasteiger partial charge < -0.3 is 9.32 Å². The molecule has 0 N–H and O–H groups in total. The molecule has 6 nitrogen and oxygen atoms in total. The number of likely N-dealkylation sites (N-methyl/N-ethyl adjacent to an activating group) is 1. The van der Waals surface area contributed by atoms with Crippen LogP contribution in [0.4, 0.5) is 4.39 Å². The zero-order valence-electron chi connectivity index (χ0n) is 12.5. The molecule has 22 heavy (non-hydrogen) atoms. The Morgan fingerprint density at radius 3 is 2.41 bits per heavy atom. The average Bonchev–Trinajstić information content (AvgIpc) is 2.90. The fourth-order valence-electron chi connectivity index (χ4n) is 2.54. The lowest BCUT2D eigenvalue weighted by Crippen LogP contribution is -2.47. The van der Waals surface area contributed by atoms with Gasteiger partial charge in [-0.05, 0) is 30.8 Å². The minimum atomic E-state index is -0.489. The van der Waals surface area contributed by atoms with E-state index in [1.807, 2.05) is 0 Å². The summed E-state index contributed by atoms with van der Waals surface area (Å²) in [4.78, 5) is 16.4. The highest BCUT2D eigenvalue weighted by atomic mass is 19.1. The molecule has 0 bridgehead atoms. The van der Waals surface area contributed by atoms with E-state index in [1.54, 1.807) is 12.1 Å². The van der Waals surface area contributed by atoms with Crippen molar-refractivity contribution in [2.45, 2.75) is 13.6 Å². The number of halogens is 1. The van der Waals surface area contributed by atoms with Gasteiger partial charge in [-0.2, -0.15) is 4.68 Å². The maximum Gasteiger partial charge on any atom is 0.438 e. The van der Waals surface area contributed by atoms with E-state index in [-0.39, 0.29) is 11.7 Å². The second kappa shape index (κ2) is 6.41. The maximum atomic E-state index is 12.9. The molecule has 1 aliphatic rings. The van der Waals surface area contributed by atoms with Gasteiger partial charge in [-0.3, -0.25) is 4.90 Å². The molecule has 0 saturated carbocycles. The molecule has 2 heterocycles. The van der Waals surface area contributed by atoms with Crippen molar-refractivity contribution in [1.82, 2.24) is 19.6 Å². The third-order valence-corrected chi connectivity index (χ3v) is 3.94. The third kappa shape index (κ3) is 3.26. The second-order valence-electron chi connectivity index (χ2n) is 5.37. The Kier molecular flexibility index (Phi) is 4.35. The van der Waals surface area contributed by atoms with Gasteiger partial charge in [0.15, 0.2) is 0 Å². The van der Waals surface area contributed by atoms with E-state index in [0.717, 1.165) is 32.7 Å². The highest BCUT2D eigenvalue weighted by Gasteiger charge is 2.18. The van der Waals surface area contributed by atoms with Gasteiger partial charge in [-0.1, -0.05) is 6.92 Å². The molecule has 7 heteroatoms. The fraction of sp³-hybridized carbons (Fsp3) is 0.467. The quantitative estimate of drug-likeness (QED) is 0.850. The maximum absolute atomic E-state index is 12.9. The van der Waals surface area contributed by atoms with Gasteiger partial charge in [-0.25, -0.2) is 9.18 Å². The van der Waals surface area contributed by atoms with Crippen molar-refractivity contribution in [1.29, 1.82) is 0 Å². The Bertz CT molecular complexity index is 672. The van der Waals surface area contributed by atoms with Crippen molar-refractivity contribution < 1.29 is 8.81 Å². The molecule has 1 aliphatic heterocycles. The zero-order valence-corrected chi connectivity index (χ0v) is 12.5. The van der Waals surface area contributed by atoms with E-state index < -0.39 is 5.76 Å². The molecule has 1 aromatic carbocycles. The Morgan fingerprint density at radius 1 is 1.14 bits per heavy atom. The molecule has 0 unspecified atom stereocenters. The summed E-state index contributed by atoms with van der Waals surface area (Å²) in [7, 11) is 0. The van der Waals surface area contributed by atoms with Crippen LogP contribution in [-0.4, -0.2) is 52.3 Å². The standard InChI is InChI=1S/C15H19FN4O2/c1-2-18-7-9-19(10-8-18)11-20-15(21)22-14(17-20)12-3-5-13(16)6-4-12/h3-6H,2,7-11H2,1H3. The van der Waals surface area contributed by atoms with Crippen molar-refractivity contribution in [2.75, 3.05) is 32.7 Å². The van der Waals surface area contributed by atoms with Crippen LogP contribution in [0.2, 0.25) is 0 Å². The van der Waals surface area contributed by atoms with E-state index in [0.29, 0.717) is 12.2 Å². The first kappa shape index (κ1) is 14.9. The Hall–Kier alpha value is -1.99. The van der Waals surface area contributed by atoms with Crippen LogP contribution in [0.15, 0.2) is 33.5 Å². The highest BCUT2D eigenvalue weighted by Crippen LogP contribution is 2.15. The van der Waals surface area contributed by atoms with Crippen LogP contribution in [0.5, 0.6) is 0 Å². The zero-order chi connectivity index (χ0) is 15.5. The number of hydrogen-bond acceptors (Lipinski definition) is 5. The topological polar surface area (TPSA) is 54.5 Å². The fourth-order valence-corrected chi connectivity index (χ4v) is 2.54. The molecule has 0 amide bonds. The van der Waals surface area contributed by atoms with Crippen molar-refractivity contribution in [3.8, 4) is 11.5 Å². The summed E-state index contributed by atoms with van der Waals surface area (Å²) in [6.07, 6.45) is 0. The van der Waals surface area contributed by atoms with Gasteiger partial charge in [0.05, 0.1) is 0 Å². The van der Waals surface area contributed by atoms with E-state index in [9.17, 15) is 9.18 Å². The summed E-state index contributed by atoms with van der Waals surface area (Å²) < 4.78 is 19.4. The van der Waals surface area contributed by atoms with Gasteiger partial charge in [0, 0.05) is 31.7 Å². The average molecular weight is 306 g/mol. The van der Waals surface area contributed by atoms with Crippen LogP contribution in [0.3, 0.4) is 0 Å². The summed E-state index contributed by atoms with van der Waals surface area (Å²) in [6, 6.07) is 5.73. The van der Waals surface area contributed by atoms with Crippen molar-refractivity contribution in [3.05, 3.63) is 40.6 Å². The third-order valence-electron chi connectivity index (χ3n) is 3.94. The summed E-state index contributed by atoms with van der Waals surface area (Å²) in [5, 5.41) is 4.20. The van der Waals surface area contributed by atoms with E-state index in [1.165, 1.54) is 16.8 Å². The van der Waals surface area contributed by atoms with Crippen molar-refractivity contribution in [2.24, 2.45) is 0 Å².